The monoisotopic (exact) mass is 352 g/mol. The first-order valence-corrected chi connectivity index (χ1v) is 9.00. The minimum Gasteiger partial charge on any atom is -0.267 e. The molecule has 0 radical (unpaired) electrons. The average molecular weight is 352 g/mol. The van der Waals surface area contributed by atoms with Gasteiger partial charge in [0.1, 0.15) is 0 Å². The fraction of sp³-hybridized carbons (Fsp3) is 0.0833. The van der Waals surface area contributed by atoms with Gasteiger partial charge >= 0.3 is 0 Å². The standard InChI is InChI=1S/C24H20N2O/c27-23(21-14-13-19-9-5-6-10-20(19)17-21)26-25-18-24(15-7-2-8-16-24)22-11-3-1-4-12-22/h1-15,17-18H,16H2,(H,26,27). The molecule has 4 rings (SSSR count). The number of allylic oxidation sites excluding steroid dienone is 4. The van der Waals surface area contributed by atoms with E-state index in [1.807, 2.05) is 79.0 Å². The Kier molecular flexibility index (Phi) is 4.67. The highest BCUT2D eigenvalue weighted by Crippen LogP contribution is 2.30. The van der Waals surface area contributed by atoms with Crippen LogP contribution in [0, 0.1) is 0 Å². The highest BCUT2D eigenvalue weighted by molar-refractivity contribution is 5.98. The summed E-state index contributed by atoms with van der Waals surface area (Å²) in [6, 6.07) is 23.8. The summed E-state index contributed by atoms with van der Waals surface area (Å²) in [4.78, 5) is 12.5. The Balaban J connectivity index is 1.55. The van der Waals surface area contributed by atoms with E-state index in [0.29, 0.717) is 5.56 Å². The van der Waals surface area contributed by atoms with E-state index in [1.165, 1.54) is 0 Å². The summed E-state index contributed by atoms with van der Waals surface area (Å²) in [6.45, 7) is 0. The zero-order chi connectivity index (χ0) is 18.5. The highest BCUT2D eigenvalue weighted by Gasteiger charge is 2.27. The number of hydrazone groups is 1. The van der Waals surface area contributed by atoms with Crippen molar-refractivity contribution in [3.63, 3.8) is 0 Å². The molecule has 3 aromatic rings. The lowest BCUT2D eigenvalue weighted by molar-refractivity contribution is 0.0955. The van der Waals surface area contributed by atoms with Crippen molar-refractivity contribution in [1.29, 1.82) is 0 Å². The largest absolute Gasteiger partial charge is 0.271 e. The molecular formula is C24H20N2O. The molecule has 1 aliphatic rings. The van der Waals surface area contributed by atoms with E-state index < -0.39 is 0 Å². The number of amides is 1. The second kappa shape index (κ2) is 7.42. The maximum absolute atomic E-state index is 12.5. The van der Waals surface area contributed by atoms with Crippen LogP contribution >= 0.6 is 0 Å². The van der Waals surface area contributed by atoms with Crippen molar-refractivity contribution in [2.24, 2.45) is 5.10 Å². The smallest absolute Gasteiger partial charge is 0.267 e. The zero-order valence-corrected chi connectivity index (χ0v) is 14.9. The normalized spacial score (nSPS) is 18.8. The van der Waals surface area contributed by atoms with Crippen LogP contribution in [-0.2, 0) is 5.41 Å². The predicted molar refractivity (Wildman–Crippen MR) is 111 cm³/mol. The third-order valence-electron chi connectivity index (χ3n) is 4.88. The third-order valence-corrected chi connectivity index (χ3v) is 4.88. The maximum Gasteiger partial charge on any atom is 0.271 e. The van der Waals surface area contributed by atoms with Gasteiger partial charge in [0.25, 0.3) is 5.91 Å². The molecular weight excluding hydrogens is 332 g/mol. The van der Waals surface area contributed by atoms with Crippen LogP contribution in [0.4, 0.5) is 0 Å². The molecule has 0 bridgehead atoms. The van der Waals surface area contributed by atoms with Gasteiger partial charge in [-0.3, -0.25) is 4.79 Å². The number of nitrogens with zero attached hydrogens (tertiary/aromatic N) is 1. The Morgan fingerprint density at radius 2 is 1.70 bits per heavy atom. The van der Waals surface area contributed by atoms with E-state index >= 15 is 0 Å². The average Bonchev–Trinajstić information content (AvgIpc) is 2.74. The summed E-state index contributed by atoms with van der Waals surface area (Å²) < 4.78 is 0. The molecule has 3 aromatic carbocycles. The molecule has 1 atom stereocenters. The van der Waals surface area contributed by atoms with E-state index in [0.717, 1.165) is 22.8 Å². The number of benzene rings is 3. The van der Waals surface area contributed by atoms with Crippen molar-refractivity contribution < 1.29 is 4.79 Å². The summed E-state index contributed by atoms with van der Waals surface area (Å²) in [7, 11) is 0. The van der Waals surface area contributed by atoms with Crippen molar-refractivity contribution >= 4 is 22.9 Å². The molecule has 0 spiro atoms. The fourth-order valence-corrected chi connectivity index (χ4v) is 3.37. The summed E-state index contributed by atoms with van der Waals surface area (Å²) in [5.41, 5.74) is 4.08. The number of carbonyl (C=O) groups excluding carboxylic acids is 1. The van der Waals surface area contributed by atoms with Gasteiger partial charge in [-0.25, -0.2) is 5.43 Å². The summed E-state index contributed by atoms with van der Waals surface area (Å²) >= 11 is 0. The van der Waals surface area contributed by atoms with Crippen molar-refractivity contribution in [1.82, 2.24) is 5.43 Å². The first-order valence-electron chi connectivity index (χ1n) is 9.00. The highest BCUT2D eigenvalue weighted by atomic mass is 16.2. The number of carbonyl (C=O) groups is 1. The molecule has 132 valence electrons. The predicted octanol–water partition coefficient (Wildman–Crippen LogP) is 5.01. The van der Waals surface area contributed by atoms with Gasteiger partial charge in [-0.15, -0.1) is 0 Å². The molecule has 3 nitrogen and oxygen atoms in total. The Bertz CT molecular complexity index is 1050. The number of rotatable bonds is 4. The molecule has 27 heavy (non-hydrogen) atoms. The lowest BCUT2D eigenvalue weighted by atomic mass is 9.76. The van der Waals surface area contributed by atoms with Crippen molar-refractivity contribution in [2.75, 3.05) is 0 Å². The second-order valence-corrected chi connectivity index (χ2v) is 6.66. The van der Waals surface area contributed by atoms with E-state index in [9.17, 15) is 4.79 Å². The first kappa shape index (κ1) is 17.0. The van der Waals surface area contributed by atoms with Crippen molar-refractivity contribution in [2.45, 2.75) is 11.8 Å². The van der Waals surface area contributed by atoms with Crippen LogP contribution in [0.1, 0.15) is 22.3 Å². The van der Waals surface area contributed by atoms with Crippen LogP contribution in [0.15, 0.2) is 102 Å². The van der Waals surface area contributed by atoms with Crippen LogP contribution in [0.25, 0.3) is 10.8 Å². The number of hydrogen-bond donors (Lipinski definition) is 1. The molecule has 0 heterocycles. The molecule has 3 heteroatoms. The summed E-state index contributed by atoms with van der Waals surface area (Å²) in [5, 5.41) is 6.44. The molecule has 0 aromatic heterocycles. The van der Waals surface area contributed by atoms with Gasteiger partial charge in [0.15, 0.2) is 0 Å². The fourth-order valence-electron chi connectivity index (χ4n) is 3.37. The van der Waals surface area contributed by atoms with Crippen LogP contribution < -0.4 is 5.43 Å². The summed E-state index contributed by atoms with van der Waals surface area (Å²) in [6.07, 6.45) is 10.9. The minimum atomic E-state index is -0.341. The van der Waals surface area contributed by atoms with Gasteiger partial charge in [0.2, 0.25) is 0 Å². The quantitative estimate of drug-likeness (QED) is 0.520. The van der Waals surface area contributed by atoms with E-state index in [4.69, 9.17) is 0 Å². The van der Waals surface area contributed by atoms with Crippen molar-refractivity contribution in [3.8, 4) is 0 Å². The van der Waals surface area contributed by atoms with Crippen LogP contribution in [0.2, 0.25) is 0 Å². The van der Waals surface area contributed by atoms with Crippen LogP contribution in [0.3, 0.4) is 0 Å². The van der Waals surface area contributed by atoms with Gasteiger partial charge in [0, 0.05) is 11.8 Å². The summed E-state index contributed by atoms with van der Waals surface area (Å²) in [5.74, 6) is -0.212. The molecule has 0 fully saturated rings. The van der Waals surface area contributed by atoms with Gasteiger partial charge in [-0.2, -0.15) is 5.10 Å². The van der Waals surface area contributed by atoms with Crippen LogP contribution in [-0.4, -0.2) is 12.1 Å². The van der Waals surface area contributed by atoms with E-state index in [-0.39, 0.29) is 11.3 Å². The van der Waals surface area contributed by atoms with Crippen LogP contribution in [0.5, 0.6) is 0 Å². The molecule has 1 amide bonds. The molecule has 1 N–H and O–H groups in total. The lowest BCUT2D eigenvalue weighted by Gasteiger charge is -2.27. The minimum absolute atomic E-state index is 0.212. The van der Waals surface area contributed by atoms with E-state index in [2.05, 4.69) is 34.8 Å². The molecule has 0 saturated heterocycles. The first-order chi connectivity index (χ1) is 13.3. The third kappa shape index (κ3) is 3.58. The Labute approximate surface area is 158 Å². The number of hydrogen-bond acceptors (Lipinski definition) is 2. The SMILES string of the molecule is O=C(NN=CC1(c2ccccc2)C=CC=CC1)c1ccc2ccccc2c1. The van der Waals surface area contributed by atoms with Gasteiger partial charge in [-0.1, -0.05) is 85.0 Å². The second-order valence-electron chi connectivity index (χ2n) is 6.66. The van der Waals surface area contributed by atoms with Gasteiger partial charge in [0.05, 0.1) is 5.41 Å². The van der Waals surface area contributed by atoms with E-state index in [1.54, 1.807) is 0 Å². The number of nitrogens with one attached hydrogen (secondary N) is 1. The Hall–Kier alpha value is -3.46. The molecule has 1 aliphatic carbocycles. The molecule has 0 saturated carbocycles. The van der Waals surface area contributed by atoms with Gasteiger partial charge < -0.3 is 0 Å². The Morgan fingerprint density at radius 1 is 0.926 bits per heavy atom. The zero-order valence-electron chi connectivity index (χ0n) is 14.9. The molecule has 1 unspecified atom stereocenters. The number of fused-ring (bicyclic) bond motifs is 1. The van der Waals surface area contributed by atoms with Gasteiger partial charge in [-0.05, 0) is 34.9 Å². The molecule has 0 aliphatic heterocycles. The Morgan fingerprint density at radius 3 is 2.48 bits per heavy atom. The topological polar surface area (TPSA) is 41.5 Å². The maximum atomic E-state index is 12.5. The van der Waals surface area contributed by atoms with Crippen molar-refractivity contribution in [3.05, 3.63) is 108 Å². The lowest BCUT2D eigenvalue weighted by Crippen LogP contribution is -2.28.